The molecule has 0 aliphatic rings. The van der Waals surface area contributed by atoms with E-state index < -0.39 is 0 Å². The maximum Gasteiger partial charge on any atom is 0.220 e. The van der Waals surface area contributed by atoms with Crippen LogP contribution in [0.25, 0.3) is 0 Å². The smallest absolute Gasteiger partial charge is 0.220 e. The Bertz CT molecular complexity index is 437. The summed E-state index contributed by atoms with van der Waals surface area (Å²) in [5.41, 5.74) is 2.63. The minimum absolute atomic E-state index is 0.104. The first kappa shape index (κ1) is 16.7. The zero-order chi connectivity index (χ0) is 15.4. The summed E-state index contributed by atoms with van der Waals surface area (Å²) >= 11 is 0. The summed E-state index contributed by atoms with van der Waals surface area (Å²) in [6.45, 7) is 12.8. The van der Waals surface area contributed by atoms with Crippen LogP contribution in [0.15, 0.2) is 24.3 Å². The van der Waals surface area contributed by atoms with E-state index in [-0.39, 0.29) is 16.9 Å². The molecule has 0 fully saturated rings. The number of hydrogen-bond acceptors (Lipinski definition) is 1. The summed E-state index contributed by atoms with van der Waals surface area (Å²) in [7, 11) is 0. The third kappa shape index (κ3) is 5.36. The molecule has 0 aliphatic carbocycles. The van der Waals surface area contributed by atoms with E-state index in [1.807, 2.05) is 0 Å². The van der Waals surface area contributed by atoms with E-state index in [9.17, 15) is 4.79 Å². The van der Waals surface area contributed by atoms with Crippen LogP contribution in [0.1, 0.15) is 65.5 Å². The van der Waals surface area contributed by atoms with Crippen molar-refractivity contribution in [2.24, 2.45) is 0 Å². The number of aryl methyl sites for hydroxylation is 1. The van der Waals surface area contributed by atoms with Gasteiger partial charge in [-0.2, -0.15) is 0 Å². The predicted molar refractivity (Wildman–Crippen MR) is 86.0 cm³/mol. The van der Waals surface area contributed by atoms with E-state index in [1.165, 1.54) is 11.1 Å². The molecule has 0 saturated carbocycles. The fourth-order valence-corrected chi connectivity index (χ4v) is 1.96. The molecule has 112 valence electrons. The fraction of sp³-hybridized carbons (Fsp3) is 0.611. The maximum atomic E-state index is 11.9. The van der Waals surface area contributed by atoms with Gasteiger partial charge < -0.3 is 5.32 Å². The fourth-order valence-electron chi connectivity index (χ4n) is 1.96. The molecule has 0 atom stereocenters. The summed E-state index contributed by atoms with van der Waals surface area (Å²) in [5, 5.41) is 3.07. The van der Waals surface area contributed by atoms with Crippen LogP contribution in [0.3, 0.4) is 0 Å². The standard InChI is InChI=1S/C18H29NO/c1-7-18(5,6)19-16(20)13-10-14-8-11-15(12-9-14)17(2,3)4/h8-9,11-12H,7,10,13H2,1-6H3,(H,19,20). The first-order valence-corrected chi connectivity index (χ1v) is 7.54. The molecule has 0 saturated heterocycles. The predicted octanol–water partition coefficient (Wildman–Crippen LogP) is 4.22. The van der Waals surface area contributed by atoms with Crippen molar-refractivity contribution in [2.75, 3.05) is 0 Å². The highest BCUT2D eigenvalue weighted by molar-refractivity contribution is 5.76. The van der Waals surface area contributed by atoms with Gasteiger partial charge in [0.05, 0.1) is 0 Å². The molecular weight excluding hydrogens is 246 g/mol. The molecule has 2 nitrogen and oxygen atoms in total. The zero-order valence-corrected chi connectivity index (χ0v) is 13.8. The molecule has 20 heavy (non-hydrogen) atoms. The highest BCUT2D eigenvalue weighted by Gasteiger charge is 2.17. The minimum atomic E-state index is -0.104. The molecule has 1 rings (SSSR count). The number of nitrogens with one attached hydrogen (secondary N) is 1. The Labute approximate surface area is 124 Å². The second-order valence-electron chi connectivity index (χ2n) is 7.23. The lowest BCUT2D eigenvalue weighted by atomic mass is 9.86. The Morgan fingerprint density at radius 1 is 1.05 bits per heavy atom. The van der Waals surface area contributed by atoms with Crippen molar-refractivity contribution >= 4 is 5.91 Å². The van der Waals surface area contributed by atoms with Crippen molar-refractivity contribution < 1.29 is 4.79 Å². The summed E-state index contributed by atoms with van der Waals surface area (Å²) in [6, 6.07) is 8.62. The number of amides is 1. The lowest BCUT2D eigenvalue weighted by Gasteiger charge is -2.24. The summed E-state index contributed by atoms with van der Waals surface area (Å²) in [5.74, 6) is 0.136. The van der Waals surface area contributed by atoms with Crippen LogP contribution in [0.2, 0.25) is 0 Å². The second kappa shape index (κ2) is 6.43. The maximum absolute atomic E-state index is 11.9. The Balaban J connectivity index is 2.52. The van der Waals surface area contributed by atoms with E-state index in [2.05, 4.69) is 71.1 Å². The molecule has 0 heterocycles. The highest BCUT2D eigenvalue weighted by atomic mass is 16.1. The normalized spacial score (nSPS) is 12.3. The Morgan fingerprint density at radius 3 is 2.05 bits per heavy atom. The third-order valence-electron chi connectivity index (χ3n) is 3.82. The summed E-state index contributed by atoms with van der Waals surface area (Å²) in [4.78, 5) is 11.9. The van der Waals surface area contributed by atoms with Gasteiger partial charge in [0.2, 0.25) is 5.91 Å². The van der Waals surface area contributed by atoms with Crippen LogP contribution < -0.4 is 5.32 Å². The van der Waals surface area contributed by atoms with Crippen LogP contribution in [0.5, 0.6) is 0 Å². The molecule has 1 aromatic carbocycles. The van der Waals surface area contributed by atoms with E-state index in [4.69, 9.17) is 0 Å². The zero-order valence-electron chi connectivity index (χ0n) is 13.8. The molecule has 0 radical (unpaired) electrons. The van der Waals surface area contributed by atoms with Gasteiger partial charge in [0.1, 0.15) is 0 Å². The molecule has 1 amide bonds. The Kier molecular flexibility index (Phi) is 5.38. The summed E-state index contributed by atoms with van der Waals surface area (Å²) < 4.78 is 0. The first-order chi connectivity index (χ1) is 9.14. The molecule has 0 aromatic heterocycles. The monoisotopic (exact) mass is 275 g/mol. The number of rotatable bonds is 5. The van der Waals surface area contributed by atoms with Crippen LogP contribution in [0, 0.1) is 0 Å². The highest BCUT2D eigenvalue weighted by Crippen LogP contribution is 2.22. The molecule has 0 bridgehead atoms. The third-order valence-corrected chi connectivity index (χ3v) is 3.82. The van der Waals surface area contributed by atoms with Gasteiger partial charge in [0.15, 0.2) is 0 Å². The van der Waals surface area contributed by atoms with Gasteiger partial charge in [-0.15, -0.1) is 0 Å². The molecule has 0 aliphatic heterocycles. The average Bonchev–Trinajstić information content (AvgIpc) is 2.35. The van der Waals surface area contributed by atoms with Crippen molar-refractivity contribution in [3.8, 4) is 0 Å². The largest absolute Gasteiger partial charge is 0.351 e. The quantitative estimate of drug-likeness (QED) is 0.856. The molecule has 1 aromatic rings. The van der Waals surface area contributed by atoms with Gasteiger partial charge in [0.25, 0.3) is 0 Å². The number of carbonyl (C=O) groups excluding carboxylic acids is 1. The van der Waals surface area contributed by atoms with Crippen LogP contribution in [-0.4, -0.2) is 11.4 Å². The lowest BCUT2D eigenvalue weighted by Crippen LogP contribution is -2.42. The van der Waals surface area contributed by atoms with Crippen LogP contribution in [0.4, 0.5) is 0 Å². The topological polar surface area (TPSA) is 29.1 Å². The van der Waals surface area contributed by atoms with Gasteiger partial charge >= 0.3 is 0 Å². The molecule has 2 heteroatoms. The SMILES string of the molecule is CCC(C)(C)NC(=O)CCc1ccc(C(C)(C)C)cc1. The Morgan fingerprint density at radius 2 is 1.60 bits per heavy atom. The van der Waals surface area contributed by atoms with E-state index in [0.717, 1.165) is 12.8 Å². The summed E-state index contributed by atoms with van der Waals surface area (Å²) in [6.07, 6.45) is 2.30. The van der Waals surface area contributed by atoms with Crippen molar-refractivity contribution in [1.29, 1.82) is 0 Å². The van der Waals surface area contributed by atoms with Crippen molar-refractivity contribution in [2.45, 2.75) is 71.8 Å². The molecule has 1 N–H and O–H groups in total. The van der Waals surface area contributed by atoms with Crippen LogP contribution in [-0.2, 0) is 16.6 Å². The van der Waals surface area contributed by atoms with Crippen molar-refractivity contribution in [3.63, 3.8) is 0 Å². The van der Waals surface area contributed by atoms with Gasteiger partial charge in [-0.3, -0.25) is 4.79 Å². The lowest BCUT2D eigenvalue weighted by molar-refractivity contribution is -0.122. The van der Waals surface area contributed by atoms with Crippen molar-refractivity contribution in [3.05, 3.63) is 35.4 Å². The minimum Gasteiger partial charge on any atom is -0.351 e. The molecule has 0 spiro atoms. The molecular formula is C18H29NO. The van der Waals surface area contributed by atoms with E-state index in [1.54, 1.807) is 0 Å². The second-order valence-corrected chi connectivity index (χ2v) is 7.23. The van der Waals surface area contributed by atoms with Gasteiger partial charge in [-0.1, -0.05) is 52.0 Å². The van der Waals surface area contributed by atoms with Crippen molar-refractivity contribution in [1.82, 2.24) is 5.32 Å². The van der Waals surface area contributed by atoms with Gasteiger partial charge in [0, 0.05) is 12.0 Å². The van der Waals surface area contributed by atoms with Crippen LogP contribution >= 0.6 is 0 Å². The number of benzene rings is 1. The number of carbonyl (C=O) groups is 1. The van der Waals surface area contributed by atoms with Gasteiger partial charge in [-0.05, 0) is 43.2 Å². The average molecular weight is 275 g/mol. The first-order valence-electron chi connectivity index (χ1n) is 7.54. The number of hydrogen-bond donors (Lipinski definition) is 1. The van der Waals surface area contributed by atoms with E-state index in [0.29, 0.717) is 6.42 Å². The Hall–Kier alpha value is -1.31. The van der Waals surface area contributed by atoms with E-state index >= 15 is 0 Å². The molecule has 0 unspecified atom stereocenters. The van der Waals surface area contributed by atoms with Gasteiger partial charge in [-0.25, -0.2) is 0 Å².